The van der Waals surface area contributed by atoms with Crippen LogP contribution in [0.2, 0.25) is 0 Å². The monoisotopic (exact) mass is 430 g/mol. The number of hydrogen-bond donors (Lipinski definition) is 0. The lowest BCUT2D eigenvalue weighted by Crippen LogP contribution is -2.60. The third-order valence-corrected chi connectivity index (χ3v) is 9.09. The fourth-order valence-electron chi connectivity index (χ4n) is 7.35. The average Bonchev–Trinajstić information content (AvgIpc) is 2.98. The van der Waals surface area contributed by atoms with Crippen molar-refractivity contribution in [3.63, 3.8) is 0 Å². The average molecular weight is 431 g/mol. The molecule has 5 rings (SSSR count). The molecule has 5 atom stereocenters. The Balaban J connectivity index is 1.75. The van der Waals surface area contributed by atoms with Crippen LogP contribution in [0.4, 0.5) is 0 Å². The minimum Gasteiger partial charge on any atom is -0.470 e. The third kappa shape index (κ3) is 2.50. The van der Waals surface area contributed by atoms with E-state index in [4.69, 9.17) is 21.1 Å². The Morgan fingerprint density at radius 1 is 1.23 bits per heavy atom. The van der Waals surface area contributed by atoms with Gasteiger partial charge < -0.3 is 9.47 Å². The van der Waals surface area contributed by atoms with E-state index in [1.807, 2.05) is 19.9 Å². The predicted molar refractivity (Wildman–Crippen MR) is 115 cm³/mol. The highest BCUT2D eigenvalue weighted by molar-refractivity contribution is 6.29. The van der Waals surface area contributed by atoms with E-state index in [9.17, 15) is 9.59 Å². The predicted octanol–water partition coefficient (Wildman–Crippen LogP) is 5.26. The highest BCUT2D eigenvalue weighted by Crippen LogP contribution is 2.68. The number of halogens is 1. The quantitative estimate of drug-likeness (QED) is 0.442. The molecule has 0 aromatic rings. The third-order valence-electron chi connectivity index (χ3n) is 8.85. The van der Waals surface area contributed by atoms with Crippen molar-refractivity contribution in [3.8, 4) is 0 Å². The van der Waals surface area contributed by atoms with E-state index in [1.165, 1.54) is 5.57 Å². The van der Waals surface area contributed by atoms with Crippen molar-refractivity contribution in [2.24, 2.45) is 22.7 Å². The largest absolute Gasteiger partial charge is 0.470 e. The highest BCUT2D eigenvalue weighted by atomic mass is 35.5. The summed E-state index contributed by atoms with van der Waals surface area (Å²) in [5, 5.41) is 0. The fourth-order valence-corrected chi connectivity index (χ4v) is 7.57. The van der Waals surface area contributed by atoms with Crippen molar-refractivity contribution in [3.05, 3.63) is 35.1 Å². The number of carbonyl (C=O) groups is 2. The molecule has 0 aromatic heterocycles. The first kappa shape index (κ1) is 20.5. The van der Waals surface area contributed by atoms with Crippen molar-refractivity contribution in [1.82, 2.24) is 0 Å². The van der Waals surface area contributed by atoms with Crippen LogP contribution in [0.1, 0.15) is 66.2 Å². The molecule has 4 nitrogen and oxygen atoms in total. The molecule has 5 bridgehead atoms. The first-order valence-corrected chi connectivity index (χ1v) is 11.7. The molecule has 30 heavy (non-hydrogen) atoms. The molecule has 1 heterocycles. The van der Waals surface area contributed by atoms with Crippen LogP contribution in [0.3, 0.4) is 0 Å². The van der Waals surface area contributed by atoms with Crippen LogP contribution in [0, 0.1) is 22.7 Å². The molecule has 0 saturated heterocycles. The lowest BCUT2D eigenvalue weighted by atomic mass is 9.49. The maximum atomic E-state index is 13.3. The summed E-state index contributed by atoms with van der Waals surface area (Å²) in [5.74, 6) is -0.174. The molecule has 0 N–H and O–H groups in total. The van der Waals surface area contributed by atoms with Crippen LogP contribution in [0.25, 0.3) is 0 Å². The summed E-state index contributed by atoms with van der Waals surface area (Å²) in [6, 6.07) is 0. The van der Waals surface area contributed by atoms with Gasteiger partial charge in [0, 0.05) is 31.1 Å². The van der Waals surface area contributed by atoms with Gasteiger partial charge in [-0.15, -0.1) is 11.6 Å². The van der Waals surface area contributed by atoms with Gasteiger partial charge in [0.15, 0.2) is 11.6 Å². The normalized spacial score (nSPS) is 43.8. The lowest BCUT2D eigenvalue weighted by Gasteiger charge is -2.57. The van der Waals surface area contributed by atoms with Crippen LogP contribution < -0.4 is 0 Å². The summed E-state index contributed by atoms with van der Waals surface area (Å²) in [6.07, 6.45) is 10.7. The summed E-state index contributed by atoms with van der Waals surface area (Å²) >= 11 is 6.12. The molecule has 5 heteroatoms. The van der Waals surface area contributed by atoms with E-state index in [0.717, 1.165) is 36.8 Å². The van der Waals surface area contributed by atoms with Gasteiger partial charge in [-0.3, -0.25) is 9.59 Å². The first-order valence-electron chi connectivity index (χ1n) is 11.2. The zero-order chi connectivity index (χ0) is 21.5. The number of ether oxygens (including phenoxy) is 2. The zero-order valence-electron chi connectivity index (χ0n) is 18.3. The molecule has 4 aliphatic carbocycles. The number of allylic oxidation sites excluding steroid dienone is 5. The Morgan fingerprint density at radius 2 is 2.00 bits per heavy atom. The first-order chi connectivity index (χ1) is 14.1. The number of rotatable bonds is 2. The Labute approximate surface area is 183 Å². The van der Waals surface area contributed by atoms with Gasteiger partial charge in [-0.1, -0.05) is 25.5 Å². The van der Waals surface area contributed by atoms with Gasteiger partial charge in [0.1, 0.15) is 5.60 Å². The Kier molecular flexibility index (Phi) is 4.32. The minimum atomic E-state index is -0.976. The van der Waals surface area contributed by atoms with Gasteiger partial charge in [-0.25, -0.2) is 0 Å². The molecule has 2 saturated carbocycles. The van der Waals surface area contributed by atoms with Crippen molar-refractivity contribution in [2.45, 2.75) is 77.6 Å². The number of carbonyl (C=O) groups excluding carboxylic acids is 2. The van der Waals surface area contributed by atoms with Gasteiger partial charge >= 0.3 is 0 Å². The van der Waals surface area contributed by atoms with E-state index in [0.29, 0.717) is 24.7 Å². The number of fused-ring (bicyclic) bond motifs is 4. The molecule has 0 aromatic carbocycles. The van der Waals surface area contributed by atoms with Crippen LogP contribution in [0.15, 0.2) is 35.1 Å². The van der Waals surface area contributed by atoms with Crippen molar-refractivity contribution in [1.29, 1.82) is 0 Å². The van der Waals surface area contributed by atoms with E-state index in [2.05, 4.69) is 19.9 Å². The molecular formula is C25H31ClO4. The van der Waals surface area contributed by atoms with E-state index in [-0.39, 0.29) is 28.3 Å². The summed E-state index contributed by atoms with van der Waals surface area (Å²) in [6.45, 7) is 8.26. The fraction of sp³-hybridized carbons (Fsp3) is 0.680. The number of alkyl halides is 1. The Bertz CT molecular complexity index is 927. The number of hydrogen-bond acceptors (Lipinski definition) is 4. The van der Waals surface area contributed by atoms with Crippen molar-refractivity contribution >= 4 is 23.2 Å². The molecule has 0 radical (unpaired) electrons. The number of ketones is 2. The topological polar surface area (TPSA) is 52.6 Å². The molecular weight excluding hydrogens is 400 g/mol. The second-order valence-corrected chi connectivity index (χ2v) is 11.0. The van der Waals surface area contributed by atoms with Crippen LogP contribution in [0.5, 0.6) is 0 Å². The van der Waals surface area contributed by atoms with Gasteiger partial charge in [-0.05, 0) is 61.2 Å². The van der Waals surface area contributed by atoms with Crippen molar-refractivity contribution < 1.29 is 19.1 Å². The van der Waals surface area contributed by atoms with E-state index in [1.54, 1.807) is 6.26 Å². The molecule has 2 fully saturated rings. The van der Waals surface area contributed by atoms with Gasteiger partial charge in [0.05, 0.1) is 12.1 Å². The standard InChI is InChI=1S/C25H31ClO4/c1-22(2)29-14-15-11-17-18(23(3)8-5-16(27)12-20(15)23)6-9-24(4)19(17)7-10-25(24,30-22)21(28)13-26/h6,12,14,17,19H,5,7-11,13H2,1-4H3/t17?,19?,23-,24+,25+/m1/s1. The van der Waals surface area contributed by atoms with Gasteiger partial charge in [-0.2, -0.15) is 0 Å². The zero-order valence-corrected chi connectivity index (χ0v) is 19.1. The molecule has 162 valence electrons. The van der Waals surface area contributed by atoms with Gasteiger partial charge in [0.25, 0.3) is 0 Å². The van der Waals surface area contributed by atoms with E-state index < -0.39 is 11.4 Å². The molecule has 2 unspecified atom stereocenters. The van der Waals surface area contributed by atoms with Crippen LogP contribution in [-0.2, 0) is 19.1 Å². The van der Waals surface area contributed by atoms with Crippen molar-refractivity contribution in [2.75, 3.05) is 5.88 Å². The lowest BCUT2D eigenvalue weighted by molar-refractivity contribution is -0.269. The molecule has 5 aliphatic rings. The molecule has 0 spiro atoms. The summed E-state index contributed by atoms with van der Waals surface area (Å²) < 4.78 is 12.8. The summed E-state index contributed by atoms with van der Waals surface area (Å²) in [4.78, 5) is 25.6. The summed E-state index contributed by atoms with van der Waals surface area (Å²) in [5.41, 5.74) is 2.28. The Morgan fingerprint density at radius 3 is 2.73 bits per heavy atom. The van der Waals surface area contributed by atoms with E-state index >= 15 is 0 Å². The second-order valence-electron chi connectivity index (χ2n) is 10.7. The SMILES string of the molecule is CC1(C)OC=C2CC3C(=CC[C@@]4(C)C3CC[C@@]4(C(=O)CCl)O1)[C@@]1(C)CCC(=O)C=C21. The second kappa shape index (κ2) is 6.32. The Hall–Kier alpha value is -1.39. The van der Waals surface area contributed by atoms with Gasteiger partial charge in [0.2, 0.25) is 5.79 Å². The summed E-state index contributed by atoms with van der Waals surface area (Å²) in [7, 11) is 0. The van der Waals surface area contributed by atoms with Crippen LogP contribution >= 0.6 is 11.6 Å². The molecule has 1 aliphatic heterocycles. The maximum absolute atomic E-state index is 13.3. The number of Topliss-reactive ketones (excluding diaryl/α,β-unsaturated/α-hetero) is 1. The highest BCUT2D eigenvalue weighted by Gasteiger charge is 2.67. The maximum Gasteiger partial charge on any atom is 0.205 e. The van der Waals surface area contributed by atoms with Crippen LogP contribution in [-0.4, -0.2) is 28.8 Å². The molecule has 0 amide bonds. The minimum absolute atomic E-state index is 0.0293. The smallest absolute Gasteiger partial charge is 0.205 e.